The molecule has 2 heterocycles. The van der Waals surface area contributed by atoms with Crippen LogP contribution >= 0.6 is 0 Å². The minimum Gasteiger partial charge on any atom is -0.348 e. The fourth-order valence-corrected chi connectivity index (χ4v) is 3.38. The number of aromatic nitrogens is 1. The van der Waals surface area contributed by atoms with Crippen molar-refractivity contribution in [2.45, 2.75) is 18.9 Å². The Kier molecular flexibility index (Phi) is 6.13. The topological polar surface area (TPSA) is 72.6 Å². The van der Waals surface area contributed by atoms with Gasteiger partial charge in [-0.25, -0.2) is 4.39 Å². The summed E-state index contributed by atoms with van der Waals surface area (Å²) in [5.41, 5.74) is -0.268. The molecule has 1 aliphatic heterocycles. The van der Waals surface area contributed by atoms with E-state index in [9.17, 15) is 18.8 Å². The molecule has 27 heavy (non-hydrogen) atoms. The molecule has 1 aromatic carbocycles. The van der Waals surface area contributed by atoms with Crippen molar-refractivity contribution in [2.24, 2.45) is 0 Å². The largest absolute Gasteiger partial charge is 0.348 e. The molecule has 1 aliphatic rings. The van der Waals surface area contributed by atoms with Gasteiger partial charge in [-0.3, -0.25) is 19.0 Å². The summed E-state index contributed by atoms with van der Waals surface area (Å²) in [6.07, 6.45) is 3.79. The maximum atomic E-state index is 13.2. The van der Waals surface area contributed by atoms with Crippen LogP contribution in [0.2, 0.25) is 0 Å². The van der Waals surface area contributed by atoms with Gasteiger partial charge in [-0.2, -0.15) is 0 Å². The monoisotopic (exact) mass is 372 g/mol. The van der Waals surface area contributed by atoms with Crippen LogP contribution in [-0.2, 0) is 4.79 Å². The average Bonchev–Trinajstić information content (AvgIpc) is 3.17. The molecule has 1 fully saturated rings. The molecule has 1 amide bonds. The summed E-state index contributed by atoms with van der Waals surface area (Å²) in [7, 11) is 0. The Bertz CT molecular complexity index is 857. The number of carbonyl (C=O) groups excluding carboxylic acids is 2. The van der Waals surface area contributed by atoms with Gasteiger partial charge in [-0.15, -0.1) is 0 Å². The molecule has 0 bridgehead atoms. The number of halogens is 1. The first-order valence-electron chi connectivity index (χ1n) is 9.14. The van der Waals surface area contributed by atoms with Gasteiger partial charge in [0.1, 0.15) is 5.82 Å². The van der Waals surface area contributed by atoms with E-state index >= 15 is 0 Å². The Labute approximate surface area is 156 Å². The normalized spacial score (nSPS) is 15.4. The number of hydrogen-bond donors (Lipinski definition) is 2. The number of hydrogen-bond acceptors (Lipinski definition) is 3. The summed E-state index contributed by atoms with van der Waals surface area (Å²) in [5, 5.41) is 2.78. The van der Waals surface area contributed by atoms with Crippen molar-refractivity contribution in [3.05, 3.63) is 70.4 Å². The number of nitrogens with zero attached hydrogens (tertiary/aromatic N) is 1. The number of benzene rings is 1. The van der Waals surface area contributed by atoms with Crippen molar-refractivity contribution in [3.8, 4) is 0 Å². The van der Waals surface area contributed by atoms with Crippen molar-refractivity contribution < 1.29 is 18.9 Å². The number of quaternary nitrogens is 1. The third kappa shape index (κ3) is 4.68. The third-order valence-corrected chi connectivity index (χ3v) is 4.84. The van der Waals surface area contributed by atoms with E-state index in [2.05, 4.69) is 5.32 Å². The van der Waals surface area contributed by atoms with Crippen LogP contribution in [0.4, 0.5) is 4.39 Å². The number of likely N-dealkylation sites (tertiary alicyclic amines) is 1. The molecular formula is C20H23FN3O3+. The quantitative estimate of drug-likeness (QED) is 0.539. The van der Waals surface area contributed by atoms with Gasteiger partial charge in [0.25, 0.3) is 11.5 Å². The number of Topliss-reactive ketones (excluding diaryl/α,β-unsaturated/α-hetero) is 1. The molecule has 1 saturated heterocycles. The molecule has 6 nitrogen and oxygen atoms in total. The van der Waals surface area contributed by atoms with Crippen LogP contribution in [0.5, 0.6) is 0 Å². The molecule has 142 valence electrons. The second-order valence-electron chi connectivity index (χ2n) is 6.72. The first-order chi connectivity index (χ1) is 13.1. The predicted octanol–water partition coefficient (Wildman–Crippen LogP) is 0.206. The first-order valence-corrected chi connectivity index (χ1v) is 9.14. The van der Waals surface area contributed by atoms with E-state index in [4.69, 9.17) is 0 Å². The van der Waals surface area contributed by atoms with Gasteiger partial charge >= 0.3 is 0 Å². The van der Waals surface area contributed by atoms with Crippen LogP contribution in [0.3, 0.4) is 0 Å². The van der Waals surface area contributed by atoms with Crippen LogP contribution in [0.25, 0.3) is 0 Å². The molecule has 0 aliphatic carbocycles. The lowest BCUT2D eigenvalue weighted by molar-refractivity contribution is -0.886. The van der Waals surface area contributed by atoms with Gasteiger partial charge < -0.3 is 10.2 Å². The Morgan fingerprint density at radius 2 is 1.81 bits per heavy atom. The Morgan fingerprint density at radius 1 is 1.11 bits per heavy atom. The molecule has 3 rings (SSSR count). The predicted molar refractivity (Wildman–Crippen MR) is 98.3 cm³/mol. The van der Waals surface area contributed by atoms with E-state index in [1.54, 1.807) is 12.1 Å². The number of ketones is 1. The number of nitrogens with one attached hydrogen (secondary N) is 2. The van der Waals surface area contributed by atoms with Gasteiger partial charge in [-0.05, 0) is 30.3 Å². The van der Waals surface area contributed by atoms with Gasteiger partial charge in [0.15, 0.2) is 11.8 Å². The highest BCUT2D eigenvalue weighted by Gasteiger charge is 2.30. The number of rotatable bonds is 7. The van der Waals surface area contributed by atoms with Crippen LogP contribution in [0.1, 0.15) is 29.2 Å². The fourth-order valence-electron chi connectivity index (χ4n) is 3.38. The van der Waals surface area contributed by atoms with Gasteiger partial charge in [0.2, 0.25) is 0 Å². The molecule has 7 heteroatoms. The molecule has 2 aromatic rings. The van der Waals surface area contributed by atoms with E-state index < -0.39 is 29.1 Å². The van der Waals surface area contributed by atoms with E-state index in [0.717, 1.165) is 36.3 Å². The Balaban J connectivity index is 1.79. The zero-order chi connectivity index (χ0) is 19.2. The van der Waals surface area contributed by atoms with E-state index in [1.165, 1.54) is 42.1 Å². The Hall–Kier alpha value is -2.80. The first kappa shape index (κ1) is 19.0. The SMILES string of the molecule is O=C(NCC[NH+]1CCCC1)[C@H](C(=O)c1ccc(F)cc1)n1ccccc1=O. The summed E-state index contributed by atoms with van der Waals surface area (Å²) in [6, 6.07) is 8.07. The molecule has 0 saturated carbocycles. The summed E-state index contributed by atoms with van der Waals surface area (Å²) in [4.78, 5) is 39.3. The number of pyridine rings is 1. The standard InChI is InChI=1S/C20H22FN3O3/c21-16-8-6-15(7-9-16)19(26)18(24-13-2-1-5-17(24)25)20(27)22-10-14-23-11-3-4-12-23/h1-2,5-9,13,18H,3-4,10-12,14H2,(H,22,27)/p+1/t18-/m0/s1. The zero-order valence-corrected chi connectivity index (χ0v) is 15.0. The summed E-state index contributed by atoms with van der Waals surface area (Å²) in [5.74, 6) is -1.55. The van der Waals surface area contributed by atoms with Gasteiger partial charge in [-0.1, -0.05) is 6.07 Å². The van der Waals surface area contributed by atoms with Crippen molar-refractivity contribution in [1.29, 1.82) is 0 Å². The Morgan fingerprint density at radius 3 is 2.48 bits per heavy atom. The van der Waals surface area contributed by atoms with Crippen molar-refractivity contribution in [2.75, 3.05) is 26.2 Å². The lowest BCUT2D eigenvalue weighted by Crippen LogP contribution is -3.10. The molecule has 2 N–H and O–H groups in total. The molecule has 1 aromatic heterocycles. The van der Waals surface area contributed by atoms with Gasteiger partial charge in [0, 0.05) is 30.7 Å². The average molecular weight is 372 g/mol. The lowest BCUT2D eigenvalue weighted by Gasteiger charge is -2.19. The highest BCUT2D eigenvalue weighted by molar-refractivity contribution is 6.11. The maximum Gasteiger partial charge on any atom is 0.251 e. The van der Waals surface area contributed by atoms with E-state index in [0.29, 0.717) is 6.54 Å². The third-order valence-electron chi connectivity index (χ3n) is 4.84. The van der Waals surface area contributed by atoms with Crippen LogP contribution in [0, 0.1) is 5.82 Å². The van der Waals surface area contributed by atoms with Crippen molar-refractivity contribution in [3.63, 3.8) is 0 Å². The lowest BCUT2D eigenvalue weighted by atomic mass is 10.0. The van der Waals surface area contributed by atoms with Crippen LogP contribution < -0.4 is 15.8 Å². The highest BCUT2D eigenvalue weighted by atomic mass is 19.1. The molecule has 0 spiro atoms. The smallest absolute Gasteiger partial charge is 0.251 e. The van der Waals surface area contributed by atoms with Crippen molar-refractivity contribution >= 4 is 11.7 Å². The summed E-state index contributed by atoms with van der Waals surface area (Å²) < 4.78 is 14.3. The minimum atomic E-state index is -1.32. The fraction of sp³-hybridized carbons (Fsp3) is 0.350. The summed E-state index contributed by atoms with van der Waals surface area (Å²) in [6.45, 7) is 3.40. The van der Waals surface area contributed by atoms with Crippen LogP contribution in [-0.4, -0.2) is 42.4 Å². The highest BCUT2D eigenvalue weighted by Crippen LogP contribution is 2.14. The second-order valence-corrected chi connectivity index (χ2v) is 6.72. The molecular weight excluding hydrogens is 349 g/mol. The zero-order valence-electron chi connectivity index (χ0n) is 15.0. The van der Waals surface area contributed by atoms with Crippen LogP contribution in [0.15, 0.2) is 53.5 Å². The van der Waals surface area contributed by atoms with Gasteiger partial charge in [0.05, 0.1) is 26.2 Å². The molecule has 0 unspecified atom stereocenters. The number of amides is 1. The molecule has 0 radical (unpaired) electrons. The summed E-state index contributed by atoms with van der Waals surface area (Å²) >= 11 is 0. The van der Waals surface area contributed by atoms with E-state index in [1.807, 2.05) is 0 Å². The van der Waals surface area contributed by atoms with E-state index in [-0.39, 0.29) is 5.56 Å². The van der Waals surface area contributed by atoms with Crippen molar-refractivity contribution in [1.82, 2.24) is 9.88 Å². The maximum absolute atomic E-state index is 13.2. The number of carbonyl (C=O) groups is 2. The minimum absolute atomic E-state index is 0.178. The second kappa shape index (κ2) is 8.73. The molecule has 1 atom stereocenters.